The lowest BCUT2D eigenvalue weighted by Crippen LogP contribution is -2.23. The summed E-state index contributed by atoms with van der Waals surface area (Å²) in [6.07, 6.45) is 3.80. The normalized spacial score (nSPS) is 23.8. The van der Waals surface area contributed by atoms with Gasteiger partial charge in [0.1, 0.15) is 0 Å². The molecular weight excluding hydrogens is 174 g/mol. The van der Waals surface area contributed by atoms with Crippen molar-refractivity contribution >= 4 is 0 Å². The summed E-state index contributed by atoms with van der Waals surface area (Å²) in [5.41, 5.74) is 0.607. The molecule has 1 saturated carbocycles. The molecule has 1 fully saturated rings. The topological polar surface area (TPSA) is 21.3 Å². The van der Waals surface area contributed by atoms with E-state index >= 15 is 0 Å². The minimum atomic E-state index is 0.607. The first-order chi connectivity index (χ1) is 6.67. The molecule has 84 valence electrons. The molecule has 0 bridgehead atoms. The first-order valence-electron chi connectivity index (χ1n) is 5.95. The van der Waals surface area contributed by atoms with Crippen LogP contribution in [0.15, 0.2) is 0 Å². The van der Waals surface area contributed by atoms with Gasteiger partial charge in [-0.05, 0) is 30.7 Å². The van der Waals surface area contributed by atoms with E-state index in [9.17, 15) is 0 Å². The van der Waals surface area contributed by atoms with Crippen LogP contribution in [-0.4, -0.2) is 26.3 Å². The van der Waals surface area contributed by atoms with Crippen LogP contribution in [0.5, 0.6) is 0 Å². The molecular formula is C12H25NO. The van der Waals surface area contributed by atoms with Crippen molar-refractivity contribution in [2.75, 3.05) is 26.3 Å². The zero-order valence-electron chi connectivity index (χ0n) is 9.94. The van der Waals surface area contributed by atoms with Crippen LogP contribution in [0.3, 0.4) is 0 Å². The van der Waals surface area contributed by atoms with Crippen LogP contribution < -0.4 is 5.32 Å². The number of nitrogens with one attached hydrogen (secondary N) is 1. The Balaban J connectivity index is 1.77. The molecule has 0 aromatic rings. The molecule has 0 amide bonds. The van der Waals surface area contributed by atoms with Gasteiger partial charge in [-0.1, -0.05) is 27.2 Å². The zero-order valence-corrected chi connectivity index (χ0v) is 9.94. The molecule has 1 unspecified atom stereocenters. The molecule has 14 heavy (non-hydrogen) atoms. The van der Waals surface area contributed by atoms with Crippen LogP contribution >= 0.6 is 0 Å². The predicted molar refractivity (Wildman–Crippen MR) is 60.5 cm³/mol. The van der Waals surface area contributed by atoms with E-state index in [1.54, 1.807) is 0 Å². The third-order valence-electron chi connectivity index (χ3n) is 3.17. The summed E-state index contributed by atoms with van der Waals surface area (Å²) in [7, 11) is 0. The van der Waals surface area contributed by atoms with Gasteiger partial charge in [0.05, 0.1) is 6.61 Å². The van der Waals surface area contributed by atoms with Crippen LogP contribution in [0.2, 0.25) is 0 Å². The van der Waals surface area contributed by atoms with Gasteiger partial charge in [0.2, 0.25) is 0 Å². The summed E-state index contributed by atoms with van der Waals surface area (Å²) >= 11 is 0. The summed E-state index contributed by atoms with van der Waals surface area (Å²) in [5.74, 6) is 0.901. The summed E-state index contributed by atoms with van der Waals surface area (Å²) < 4.78 is 5.47. The SMILES string of the molecule is CCCCOCCNCC1CC1(C)C. The van der Waals surface area contributed by atoms with E-state index in [-0.39, 0.29) is 0 Å². The predicted octanol–water partition coefficient (Wildman–Crippen LogP) is 2.44. The Kier molecular flexibility index (Phi) is 4.90. The van der Waals surface area contributed by atoms with Crippen LogP contribution in [-0.2, 0) is 4.74 Å². The molecule has 0 heterocycles. The van der Waals surface area contributed by atoms with Crippen molar-refractivity contribution in [3.05, 3.63) is 0 Å². The molecule has 1 N–H and O–H groups in total. The van der Waals surface area contributed by atoms with Crippen molar-refractivity contribution in [2.24, 2.45) is 11.3 Å². The van der Waals surface area contributed by atoms with Gasteiger partial charge >= 0.3 is 0 Å². The van der Waals surface area contributed by atoms with Crippen molar-refractivity contribution in [1.29, 1.82) is 0 Å². The number of hydrogen-bond donors (Lipinski definition) is 1. The Hall–Kier alpha value is -0.0800. The highest BCUT2D eigenvalue weighted by Gasteiger charge is 2.44. The highest BCUT2D eigenvalue weighted by molar-refractivity contribution is 4.95. The third kappa shape index (κ3) is 4.43. The van der Waals surface area contributed by atoms with E-state index in [1.807, 2.05) is 0 Å². The molecule has 2 heteroatoms. The lowest BCUT2D eigenvalue weighted by Gasteiger charge is -2.06. The molecule has 1 rings (SSSR count). The van der Waals surface area contributed by atoms with Crippen LogP contribution in [0.4, 0.5) is 0 Å². The quantitative estimate of drug-likeness (QED) is 0.606. The molecule has 0 aromatic carbocycles. The minimum Gasteiger partial charge on any atom is -0.380 e. The van der Waals surface area contributed by atoms with Gasteiger partial charge in [0.25, 0.3) is 0 Å². The van der Waals surface area contributed by atoms with Crippen molar-refractivity contribution < 1.29 is 4.74 Å². The maximum absolute atomic E-state index is 5.47. The molecule has 0 radical (unpaired) electrons. The monoisotopic (exact) mass is 199 g/mol. The number of rotatable bonds is 8. The van der Waals surface area contributed by atoms with Gasteiger partial charge in [-0.25, -0.2) is 0 Å². The van der Waals surface area contributed by atoms with Gasteiger partial charge in [-0.3, -0.25) is 0 Å². The Morgan fingerprint density at radius 1 is 1.36 bits per heavy atom. The molecule has 0 saturated heterocycles. The Morgan fingerprint density at radius 3 is 2.64 bits per heavy atom. The number of unbranched alkanes of at least 4 members (excludes halogenated alkanes) is 1. The van der Waals surface area contributed by atoms with E-state index < -0.39 is 0 Å². The molecule has 0 aromatic heterocycles. The van der Waals surface area contributed by atoms with Gasteiger partial charge in [-0.2, -0.15) is 0 Å². The van der Waals surface area contributed by atoms with E-state index in [1.165, 1.54) is 25.8 Å². The molecule has 2 nitrogen and oxygen atoms in total. The van der Waals surface area contributed by atoms with E-state index in [2.05, 4.69) is 26.1 Å². The average molecular weight is 199 g/mol. The number of ether oxygens (including phenoxy) is 1. The number of hydrogen-bond acceptors (Lipinski definition) is 2. The summed E-state index contributed by atoms with van der Waals surface area (Å²) in [6, 6.07) is 0. The van der Waals surface area contributed by atoms with Crippen molar-refractivity contribution in [3.8, 4) is 0 Å². The zero-order chi connectivity index (χ0) is 10.4. The maximum Gasteiger partial charge on any atom is 0.0590 e. The van der Waals surface area contributed by atoms with Crippen molar-refractivity contribution in [3.63, 3.8) is 0 Å². The smallest absolute Gasteiger partial charge is 0.0590 e. The fourth-order valence-electron chi connectivity index (χ4n) is 1.69. The Bertz CT molecular complexity index is 156. The van der Waals surface area contributed by atoms with Crippen molar-refractivity contribution in [2.45, 2.75) is 40.0 Å². The van der Waals surface area contributed by atoms with E-state index in [0.717, 1.165) is 25.7 Å². The van der Waals surface area contributed by atoms with Crippen LogP contribution in [0.25, 0.3) is 0 Å². The average Bonchev–Trinajstić information content (AvgIpc) is 2.73. The van der Waals surface area contributed by atoms with Crippen LogP contribution in [0, 0.1) is 11.3 Å². The lowest BCUT2D eigenvalue weighted by molar-refractivity contribution is 0.132. The van der Waals surface area contributed by atoms with E-state index in [4.69, 9.17) is 4.74 Å². The standard InChI is InChI=1S/C12H25NO/c1-4-5-7-14-8-6-13-10-11-9-12(11,2)3/h11,13H,4-10H2,1-3H3. The second-order valence-corrected chi connectivity index (χ2v) is 5.06. The van der Waals surface area contributed by atoms with Gasteiger partial charge in [-0.15, -0.1) is 0 Å². The molecule has 1 atom stereocenters. The fourth-order valence-corrected chi connectivity index (χ4v) is 1.69. The molecule has 0 spiro atoms. The summed E-state index contributed by atoms with van der Waals surface area (Å²) in [5, 5.41) is 3.45. The highest BCUT2D eigenvalue weighted by Crippen LogP contribution is 2.50. The van der Waals surface area contributed by atoms with Gasteiger partial charge < -0.3 is 10.1 Å². The molecule has 1 aliphatic rings. The van der Waals surface area contributed by atoms with Crippen molar-refractivity contribution in [1.82, 2.24) is 5.32 Å². The lowest BCUT2D eigenvalue weighted by atomic mass is 10.1. The second kappa shape index (κ2) is 5.72. The van der Waals surface area contributed by atoms with Gasteiger partial charge in [0.15, 0.2) is 0 Å². The highest BCUT2D eigenvalue weighted by atomic mass is 16.5. The maximum atomic E-state index is 5.47. The fraction of sp³-hybridized carbons (Fsp3) is 1.00. The van der Waals surface area contributed by atoms with E-state index in [0.29, 0.717) is 5.41 Å². The third-order valence-corrected chi connectivity index (χ3v) is 3.17. The minimum absolute atomic E-state index is 0.607. The first kappa shape index (κ1) is 12.0. The second-order valence-electron chi connectivity index (χ2n) is 5.06. The Labute approximate surface area is 88.4 Å². The summed E-state index contributed by atoms with van der Waals surface area (Å²) in [6.45, 7) is 10.9. The van der Waals surface area contributed by atoms with Gasteiger partial charge in [0, 0.05) is 13.2 Å². The Morgan fingerprint density at radius 2 is 2.07 bits per heavy atom. The largest absolute Gasteiger partial charge is 0.380 e. The first-order valence-corrected chi connectivity index (χ1v) is 5.95. The van der Waals surface area contributed by atoms with Crippen LogP contribution in [0.1, 0.15) is 40.0 Å². The molecule has 1 aliphatic carbocycles. The molecule has 0 aliphatic heterocycles. The summed E-state index contributed by atoms with van der Waals surface area (Å²) in [4.78, 5) is 0.